The van der Waals surface area contributed by atoms with Gasteiger partial charge in [-0.3, -0.25) is 4.79 Å². The summed E-state index contributed by atoms with van der Waals surface area (Å²) in [5.74, 6) is 1.88. The predicted octanol–water partition coefficient (Wildman–Crippen LogP) is 5.87. The molecule has 1 atom stereocenters. The lowest BCUT2D eigenvalue weighted by Gasteiger charge is -2.18. The highest BCUT2D eigenvalue weighted by Crippen LogP contribution is 2.41. The van der Waals surface area contributed by atoms with Crippen LogP contribution in [0.5, 0.6) is 0 Å². The molecular formula is C26H24N4OS2. The van der Waals surface area contributed by atoms with Crippen molar-refractivity contribution in [2.75, 3.05) is 5.75 Å². The van der Waals surface area contributed by atoms with Crippen molar-refractivity contribution < 1.29 is 0 Å². The van der Waals surface area contributed by atoms with E-state index in [1.807, 2.05) is 36.4 Å². The van der Waals surface area contributed by atoms with Crippen LogP contribution in [0, 0.1) is 0 Å². The quantitative estimate of drug-likeness (QED) is 0.300. The van der Waals surface area contributed by atoms with Gasteiger partial charge in [-0.1, -0.05) is 67.2 Å². The topological polar surface area (TPSA) is 52.2 Å². The number of para-hydroxylation sites is 1. The maximum atomic E-state index is 13.9. The minimum Gasteiger partial charge on any atom is -0.268 e. The lowest BCUT2D eigenvalue weighted by Crippen LogP contribution is -2.22. The first kappa shape index (κ1) is 20.7. The summed E-state index contributed by atoms with van der Waals surface area (Å²) >= 11 is 3.46. The summed E-state index contributed by atoms with van der Waals surface area (Å²) in [6, 6.07) is 20.3. The summed E-state index contributed by atoms with van der Waals surface area (Å²) in [5, 5.41) is 10.8. The Labute approximate surface area is 200 Å². The van der Waals surface area contributed by atoms with Crippen LogP contribution in [0.4, 0.5) is 0 Å². The summed E-state index contributed by atoms with van der Waals surface area (Å²) in [7, 11) is 0. The largest absolute Gasteiger partial charge is 0.268 e. The van der Waals surface area contributed by atoms with E-state index in [2.05, 4.69) is 45.8 Å². The van der Waals surface area contributed by atoms with E-state index in [1.165, 1.54) is 22.4 Å². The molecule has 0 saturated heterocycles. The normalized spacial score (nSPS) is 15.8. The van der Waals surface area contributed by atoms with E-state index in [0.29, 0.717) is 11.7 Å². The van der Waals surface area contributed by atoms with Crippen molar-refractivity contribution in [3.8, 4) is 5.69 Å². The van der Waals surface area contributed by atoms with Gasteiger partial charge >= 0.3 is 0 Å². The molecule has 0 aliphatic heterocycles. The Bertz CT molecular complexity index is 1500. The third-order valence-corrected chi connectivity index (χ3v) is 8.63. The molecule has 0 saturated carbocycles. The van der Waals surface area contributed by atoms with Gasteiger partial charge in [0.05, 0.1) is 11.1 Å². The Morgan fingerprint density at radius 2 is 1.82 bits per heavy atom. The highest BCUT2D eigenvalue weighted by molar-refractivity contribution is 7.99. The van der Waals surface area contributed by atoms with E-state index in [0.717, 1.165) is 46.1 Å². The Balaban J connectivity index is 1.55. The van der Waals surface area contributed by atoms with Gasteiger partial charge in [0.2, 0.25) is 5.78 Å². The molecule has 7 heteroatoms. The van der Waals surface area contributed by atoms with Crippen LogP contribution in [0.25, 0.3) is 21.7 Å². The molecule has 5 aromatic rings. The first-order valence-electron chi connectivity index (χ1n) is 11.4. The van der Waals surface area contributed by atoms with Crippen LogP contribution >= 0.6 is 23.1 Å². The van der Waals surface area contributed by atoms with Gasteiger partial charge in [-0.15, -0.1) is 21.5 Å². The Morgan fingerprint density at radius 3 is 2.61 bits per heavy atom. The van der Waals surface area contributed by atoms with Crippen molar-refractivity contribution in [1.82, 2.24) is 19.2 Å². The number of thiophene rings is 1. The van der Waals surface area contributed by atoms with E-state index >= 15 is 0 Å². The fourth-order valence-corrected chi connectivity index (χ4v) is 7.29. The SMILES string of the molecule is C[C@@H]1CCCc2sc3c(c21)c(=O)n(-c1ccccc1)c1nnc(SCCc2ccccc2)n31. The van der Waals surface area contributed by atoms with Gasteiger partial charge in [-0.05, 0) is 54.9 Å². The lowest BCUT2D eigenvalue weighted by atomic mass is 9.88. The molecule has 0 N–H and O–H groups in total. The van der Waals surface area contributed by atoms with Gasteiger partial charge < -0.3 is 0 Å². The zero-order valence-electron chi connectivity index (χ0n) is 18.4. The molecule has 1 aliphatic carbocycles. The van der Waals surface area contributed by atoms with Gasteiger partial charge in [0.25, 0.3) is 5.56 Å². The van der Waals surface area contributed by atoms with Gasteiger partial charge in [-0.2, -0.15) is 0 Å². The number of fused-ring (bicyclic) bond motifs is 5. The summed E-state index contributed by atoms with van der Waals surface area (Å²) < 4.78 is 3.86. The van der Waals surface area contributed by atoms with Crippen LogP contribution in [0.15, 0.2) is 70.6 Å². The van der Waals surface area contributed by atoms with Crippen LogP contribution in [0.1, 0.15) is 41.7 Å². The third-order valence-electron chi connectivity index (χ3n) is 6.45. The van der Waals surface area contributed by atoms with Crippen molar-refractivity contribution in [2.24, 2.45) is 0 Å². The standard InChI is InChI=1S/C26H24N4OS2/c1-17-9-8-14-20-21(17)22-23(31)29(19-12-6-3-7-13-19)25-27-28-26(30(25)24(22)33-20)32-16-15-18-10-4-2-5-11-18/h2-7,10-13,17H,8-9,14-16H2,1H3/t17-/m1/s1. The van der Waals surface area contributed by atoms with Crippen LogP contribution < -0.4 is 5.56 Å². The minimum atomic E-state index is 0.0168. The average molecular weight is 473 g/mol. The molecule has 0 radical (unpaired) electrons. The maximum Gasteiger partial charge on any atom is 0.268 e. The smallest absolute Gasteiger partial charge is 0.268 e. The maximum absolute atomic E-state index is 13.9. The molecule has 0 bridgehead atoms. The highest BCUT2D eigenvalue weighted by atomic mass is 32.2. The van der Waals surface area contributed by atoms with Gasteiger partial charge in [0.15, 0.2) is 5.16 Å². The van der Waals surface area contributed by atoms with Crippen LogP contribution in [0.3, 0.4) is 0 Å². The Hall–Kier alpha value is -2.90. The molecule has 6 rings (SSSR count). The van der Waals surface area contributed by atoms with E-state index in [9.17, 15) is 4.79 Å². The van der Waals surface area contributed by atoms with Crippen LogP contribution in [-0.2, 0) is 12.8 Å². The number of aromatic nitrogens is 4. The van der Waals surface area contributed by atoms with E-state index < -0.39 is 0 Å². The second-order valence-corrected chi connectivity index (χ2v) is 10.7. The summed E-state index contributed by atoms with van der Waals surface area (Å²) in [6.45, 7) is 2.25. The predicted molar refractivity (Wildman–Crippen MR) is 136 cm³/mol. The second-order valence-electron chi connectivity index (χ2n) is 8.59. The van der Waals surface area contributed by atoms with Gasteiger partial charge in [0.1, 0.15) is 4.83 Å². The average Bonchev–Trinajstić information content (AvgIpc) is 3.43. The fraction of sp³-hybridized carbons (Fsp3) is 0.269. The van der Waals surface area contributed by atoms with Crippen molar-refractivity contribution in [1.29, 1.82) is 0 Å². The Kier molecular flexibility index (Phi) is 5.31. The van der Waals surface area contributed by atoms with E-state index in [4.69, 9.17) is 0 Å². The van der Waals surface area contributed by atoms with Crippen LogP contribution in [0.2, 0.25) is 0 Å². The molecule has 1 aliphatic rings. The molecule has 3 aromatic heterocycles. The first-order chi connectivity index (χ1) is 16.2. The molecule has 0 fully saturated rings. The number of hydrogen-bond donors (Lipinski definition) is 0. The van der Waals surface area contributed by atoms with Gasteiger partial charge in [-0.25, -0.2) is 8.97 Å². The van der Waals surface area contributed by atoms with Crippen LogP contribution in [-0.4, -0.2) is 24.9 Å². The zero-order valence-corrected chi connectivity index (χ0v) is 20.0. The molecule has 0 spiro atoms. The zero-order chi connectivity index (χ0) is 22.4. The second kappa shape index (κ2) is 8.47. The molecule has 166 valence electrons. The number of nitrogens with zero attached hydrogens (tertiary/aromatic N) is 4. The first-order valence-corrected chi connectivity index (χ1v) is 13.2. The number of aryl methyl sites for hydroxylation is 2. The lowest BCUT2D eigenvalue weighted by molar-refractivity contribution is 0.601. The molecule has 5 nitrogen and oxygen atoms in total. The summed E-state index contributed by atoms with van der Waals surface area (Å²) in [4.78, 5) is 16.3. The fourth-order valence-electron chi connectivity index (χ4n) is 4.86. The monoisotopic (exact) mass is 472 g/mol. The number of thioether (sulfide) groups is 1. The molecule has 3 heterocycles. The molecular weight excluding hydrogens is 448 g/mol. The van der Waals surface area contributed by atoms with Crippen molar-refractivity contribution in [2.45, 2.75) is 43.7 Å². The molecule has 0 amide bonds. The summed E-state index contributed by atoms with van der Waals surface area (Å²) in [5.41, 5.74) is 3.39. The van der Waals surface area contributed by atoms with Gasteiger partial charge in [0, 0.05) is 10.6 Å². The van der Waals surface area contributed by atoms with Crippen molar-refractivity contribution in [3.63, 3.8) is 0 Å². The molecule has 33 heavy (non-hydrogen) atoms. The summed E-state index contributed by atoms with van der Waals surface area (Å²) in [6.07, 6.45) is 4.31. The van der Waals surface area contributed by atoms with Crippen molar-refractivity contribution in [3.05, 3.63) is 87.0 Å². The molecule has 2 aromatic carbocycles. The molecule has 0 unspecified atom stereocenters. The van der Waals surface area contributed by atoms with Crippen molar-refractivity contribution >= 4 is 39.1 Å². The minimum absolute atomic E-state index is 0.0168. The van der Waals surface area contributed by atoms with E-state index in [1.54, 1.807) is 27.7 Å². The highest BCUT2D eigenvalue weighted by Gasteiger charge is 2.28. The number of benzene rings is 2. The number of rotatable bonds is 5. The third kappa shape index (κ3) is 3.50. The Morgan fingerprint density at radius 1 is 1.06 bits per heavy atom. The van der Waals surface area contributed by atoms with E-state index in [-0.39, 0.29) is 5.56 Å². The number of hydrogen-bond acceptors (Lipinski definition) is 5.